The molecule has 0 bridgehead atoms. The number of ether oxygens (including phenoxy) is 1. The molecule has 27 heavy (non-hydrogen) atoms. The van der Waals surface area contributed by atoms with Crippen LogP contribution in [0.25, 0.3) is 0 Å². The third-order valence-corrected chi connectivity index (χ3v) is 5.89. The van der Waals surface area contributed by atoms with E-state index in [9.17, 15) is 9.59 Å². The standard InChI is InChI=1S/C21H29N3O3/c1-13-5-6-16-11-20(25)24(19(16)9-13)18-7-8-23(12-14(18)2)15(3)10-17(22)21(26)27-4/h5-6,9,14-15,18,22H,7-8,10-12H2,1-4H3. The highest BCUT2D eigenvalue weighted by Crippen LogP contribution is 2.36. The Labute approximate surface area is 161 Å². The van der Waals surface area contributed by atoms with Crippen LogP contribution >= 0.6 is 0 Å². The average molecular weight is 371 g/mol. The Bertz CT molecular complexity index is 761. The fourth-order valence-electron chi connectivity index (χ4n) is 4.37. The van der Waals surface area contributed by atoms with Crippen molar-refractivity contribution in [1.82, 2.24) is 4.90 Å². The first kappa shape index (κ1) is 19.5. The van der Waals surface area contributed by atoms with Crippen LogP contribution in [0.15, 0.2) is 18.2 Å². The van der Waals surface area contributed by atoms with Gasteiger partial charge in [-0.25, -0.2) is 4.79 Å². The predicted molar refractivity (Wildman–Crippen MR) is 105 cm³/mol. The topological polar surface area (TPSA) is 73.7 Å². The van der Waals surface area contributed by atoms with Crippen LogP contribution < -0.4 is 4.90 Å². The Hall–Kier alpha value is -2.21. The molecule has 1 aromatic rings. The first-order valence-electron chi connectivity index (χ1n) is 9.63. The lowest BCUT2D eigenvalue weighted by Crippen LogP contribution is -2.53. The average Bonchev–Trinajstić information content (AvgIpc) is 2.95. The number of nitrogens with one attached hydrogen (secondary N) is 1. The SMILES string of the molecule is COC(=O)C(=N)CC(C)N1CCC(N2C(=O)Cc3ccc(C)cc32)C(C)C1. The zero-order chi connectivity index (χ0) is 19.7. The molecule has 3 unspecified atom stereocenters. The lowest BCUT2D eigenvalue weighted by molar-refractivity contribution is -0.133. The molecular weight excluding hydrogens is 342 g/mol. The Morgan fingerprint density at radius 2 is 2.15 bits per heavy atom. The minimum Gasteiger partial charge on any atom is -0.465 e. The van der Waals surface area contributed by atoms with Gasteiger partial charge in [0, 0.05) is 37.3 Å². The minimum absolute atomic E-state index is 0.0129. The Morgan fingerprint density at radius 1 is 1.41 bits per heavy atom. The van der Waals surface area contributed by atoms with Gasteiger partial charge in [0.2, 0.25) is 5.91 Å². The van der Waals surface area contributed by atoms with Gasteiger partial charge in [0.05, 0.1) is 13.5 Å². The van der Waals surface area contributed by atoms with Crippen molar-refractivity contribution in [3.8, 4) is 0 Å². The van der Waals surface area contributed by atoms with Gasteiger partial charge in [-0.15, -0.1) is 0 Å². The van der Waals surface area contributed by atoms with E-state index in [1.807, 2.05) is 11.8 Å². The number of amides is 1. The van der Waals surface area contributed by atoms with Gasteiger partial charge in [0.1, 0.15) is 5.71 Å². The first-order chi connectivity index (χ1) is 12.8. The molecular formula is C21H29N3O3. The number of esters is 1. The molecule has 2 aliphatic heterocycles. The molecule has 6 heteroatoms. The number of carbonyl (C=O) groups excluding carboxylic acids is 2. The molecule has 0 radical (unpaired) electrons. The molecule has 1 aromatic carbocycles. The summed E-state index contributed by atoms with van der Waals surface area (Å²) in [5.74, 6) is -0.0373. The molecule has 3 rings (SSSR count). The maximum absolute atomic E-state index is 12.7. The quantitative estimate of drug-likeness (QED) is 0.638. The van der Waals surface area contributed by atoms with Crippen LogP contribution in [0.2, 0.25) is 0 Å². The number of hydrogen-bond donors (Lipinski definition) is 1. The van der Waals surface area contributed by atoms with E-state index >= 15 is 0 Å². The monoisotopic (exact) mass is 371 g/mol. The van der Waals surface area contributed by atoms with Gasteiger partial charge >= 0.3 is 5.97 Å². The van der Waals surface area contributed by atoms with E-state index in [0.29, 0.717) is 18.8 Å². The van der Waals surface area contributed by atoms with Crippen molar-refractivity contribution in [2.24, 2.45) is 5.92 Å². The molecule has 1 N–H and O–H groups in total. The molecule has 0 aliphatic carbocycles. The van der Waals surface area contributed by atoms with Crippen LogP contribution in [0.5, 0.6) is 0 Å². The number of carbonyl (C=O) groups is 2. The third-order valence-electron chi connectivity index (χ3n) is 5.89. The number of rotatable bonds is 5. The number of hydrogen-bond acceptors (Lipinski definition) is 5. The van der Waals surface area contributed by atoms with E-state index in [1.54, 1.807) is 0 Å². The van der Waals surface area contributed by atoms with Gasteiger partial charge < -0.3 is 9.64 Å². The van der Waals surface area contributed by atoms with Crippen LogP contribution in [0.3, 0.4) is 0 Å². The summed E-state index contributed by atoms with van der Waals surface area (Å²) in [6, 6.07) is 6.56. The van der Waals surface area contributed by atoms with Crippen LogP contribution in [0.1, 0.15) is 37.8 Å². The number of benzene rings is 1. The highest BCUT2D eigenvalue weighted by molar-refractivity contribution is 6.35. The molecule has 1 saturated heterocycles. The highest BCUT2D eigenvalue weighted by Gasteiger charge is 2.39. The van der Waals surface area contributed by atoms with Gasteiger partial charge in [-0.2, -0.15) is 0 Å². The van der Waals surface area contributed by atoms with Crippen molar-refractivity contribution in [2.75, 3.05) is 25.1 Å². The normalized spacial score (nSPS) is 23.9. The Morgan fingerprint density at radius 3 is 2.81 bits per heavy atom. The molecule has 146 valence electrons. The van der Waals surface area contributed by atoms with Crippen molar-refractivity contribution >= 4 is 23.3 Å². The van der Waals surface area contributed by atoms with Gasteiger partial charge in [-0.1, -0.05) is 19.1 Å². The summed E-state index contributed by atoms with van der Waals surface area (Å²) in [7, 11) is 1.31. The van der Waals surface area contributed by atoms with Crippen LogP contribution in [0, 0.1) is 18.3 Å². The molecule has 2 aliphatic rings. The smallest absolute Gasteiger partial charge is 0.351 e. The van der Waals surface area contributed by atoms with Crippen LogP contribution in [-0.2, 0) is 20.7 Å². The predicted octanol–water partition coefficient (Wildman–Crippen LogP) is 2.57. The maximum Gasteiger partial charge on any atom is 0.351 e. The van der Waals surface area contributed by atoms with Crippen molar-refractivity contribution in [3.05, 3.63) is 29.3 Å². The zero-order valence-electron chi connectivity index (χ0n) is 16.6. The molecule has 3 atom stereocenters. The van der Waals surface area contributed by atoms with Gasteiger partial charge in [-0.05, 0) is 43.4 Å². The number of anilines is 1. The molecule has 0 saturated carbocycles. The second-order valence-electron chi connectivity index (χ2n) is 7.92. The number of nitrogens with zero attached hydrogens (tertiary/aromatic N) is 2. The summed E-state index contributed by atoms with van der Waals surface area (Å²) >= 11 is 0. The van der Waals surface area contributed by atoms with Crippen LogP contribution in [0.4, 0.5) is 5.69 Å². The van der Waals surface area contributed by atoms with E-state index in [4.69, 9.17) is 5.41 Å². The number of piperidine rings is 1. The molecule has 1 amide bonds. The molecule has 1 fully saturated rings. The van der Waals surface area contributed by atoms with Gasteiger partial charge in [0.15, 0.2) is 0 Å². The molecule has 6 nitrogen and oxygen atoms in total. The molecule has 0 aromatic heterocycles. The van der Waals surface area contributed by atoms with E-state index in [-0.39, 0.29) is 23.7 Å². The number of fused-ring (bicyclic) bond motifs is 1. The fourth-order valence-corrected chi connectivity index (χ4v) is 4.37. The van der Waals surface area contributed by atoms with Crippen molar-refractivity contribution in [3.63, 3.8) is 0 Å². The number of aryl methyl sites for hydroxylation is 1. The summed E-state index contributed by atoms with van der Waals surface area (Å²) in [4.78, 5) is 28.5. The maximum atomic E-state index is 12.7. The summed E-state index contributed by atoms with van der Waals surface area (Å²) < 4.78 is 4.63. The Balaban J connectivity index is 1.68. The Kier molecular flexibility index (Phi) is 5.65. The third kappa shape index (κ3) is 3.90. The minimum atomic E-state index is -0.556. The van der Waals surface area contributed by atoms with E-state index in [1.165, 1.54) is 12.7 Å². The van der Waals surface area contributed by atoms with Gasteiger partial charge in [0.25, 0.3) is 0 Å². The van der Waals surface area contributed by atoms with E-state index < -0.39 is 5.97 Å². The summed E-state index contributed by atoms with van der Waals surface area (Å²) in [5, 5.41) is 7.84. The largest absolute Gasteiger partial charge is 0.465 e. The zero-order valence-corrected chi connectivity index (χ0v) is 16.6. The summed E-state index contributed by atoms with van der Waals surface area (Å²) in [6.07, 6.45) is 1.78. The van der Waals surface area contributed by atoms with Crippen LogP contribution in [-0.4, -0.2) is 54.8 Å². The number of likely N-dealkylation sites (tertiary alicyclic amines) is 1. The molecule has 0 spiro atoms. The van der Waals surface area contributed by atoms with Gasteiger partial charge in [-0.3, -0.25) is 15.1 Å². The second kappa shape index (κ2) is 7.80. The number of methoxy groups -OCH3 is 1. The lowest BCUT2D eigenvalue weighted by atomic mass is 9.90. The highest BCUT2D eigenvalue weighted by atomic mass is 16.5. The first-order valence-corrected chi connectivity index (χ1v) is 9.63. The summed E-state index contributed by atoms with van der Waals surface area (Å²) in [6.45, 7) is 8.01. The van der Waals surface area contributed by atoms with E-state index in [0.717, 1.165) is 30.8 Å². The summed E-state index contributed by atoms with van der Waals surface area (Å²) in [5.41, 5.74) is 3.39. The molecule has 2 heterocycles. The van der Waals surface area contributed by atoms with Crippen molar-refractivity contribution in [2.45, 2.75) is 52.1 Å². The lowest BCUT2D eigenvalue weighted by Gasteiger charge is -2.43. The van der Waals surface area contributed by atoms with E-state index in [2.05, 4.69) is 41.7 Å². The van der Waals surface area contributed by atoms with Crippen molar-refractivity contribution < 1.29 is 14.3 Å². The second-order valence-corrected chi connectivity index (χ2v) is 7.92. The van der Waals surface area contributed by atoms with Crippen molar-refractivity contribution in [1.29, 1.82) is 5.41 Å². The fraction of sp³-hybridized carbons (Fsp3) is 0.571.